The van der Waals surface area contributed by atoms with Crippen molar-refractivity contribution in [2.24, 2.45) is 14.1 Å². The molecule has 176 valence electrons. The van der Waals surface area contributed by atoms with Crippen molar-refractivity contribution < 1.29 is 14.3 Å². The summed E-state index contributed by atoms with van der Waals surface area (Å²) in [5.74, 6) is 1.43. The topological polar surface area (TPSA) is 124 Å². The number of aromatic nitrogens is 4. The van der Waals surface area contributed by atoms with E-state index in [2.05, 4.69) is 21.4 Å². The minimum absolute atomic E-state index is 0.188. The van der Waals surface area contributed by atoms with E-state index >= 15 is 0 Å². The van der Waals surface area contributed by atoms with Gasteiger partial charge in [-0.05, 0) is 48.6 Å². The highest BCUT2D eigenvalue weighted by atomic mass is 16.5. The molecule has 10 heteroatoms. The average Bonchev–Trinajstić information content (AvgIpc) is 3.62. The molecule has 10 nitrogen and oxygen atoms in total. The first-order valence-corrected chi connectivity index (χ1v) is 11.0. The summed E-state index contributed by atoms with van der Waals surface area (Å²) in [4.78, 5) is 32.6. The van der Waals surface area contributed by atoms with Crippen LogP contribution in [-0.2, 0) is 18.9 Å². The highest BCUT2D eigenvalue weighted by molar-refractivity contribution is 5.88. The molecule has 0 saturated heterocycles. The van der Waals surface area contributed by atoms with Crippen molar-refractivity contribution >= 4 is 22.8 Å². The molecule has 3 aromatic heterocycles. The van der Waals surface area contributed by atoms with E-state index in [0.717, 1.165) is 18.4 Å². The zero-order valence-electron chi connectivity index (χ0n) is 19.4. The molecule has 1 N–H and O–H groups in total. The molecule has 1 aliphatic carbocycles. The van der Waals surface area contributed by atoms with Gasteiger partial charge in [-0.2, -0.15) is 10.2 Å². The van der Waals surface area contributed by atoms with Crippen LogP contribution in [0.25, 0.3) is 11.0 Å². The molecule has 1 fully saturated rings. The largest absolute Gasteiger partial charge is 0.456 e. The van der Waals surface area contributed by atoms with E-state index in [1.54, 1.807) is 49.0 Å². The summed E-state index contributed by atoms with van der Waals surface area (Å²) in [6.07, 6.45) is 5.54. The number of carbonyl (C=O) groups is 1. The van der Waals surface area contributed by atoms with Gasteiger partial charge in [0.15, 0.2) is 5.75 Å². The van der Waals surface area contributed by atoms with Crippen LogP contribution in [0.5, 0.6) is 23.3 Å². The number of carbonyl (C=O) groups excluding carboxylic acids is 1. The maximum absolute atomic E-state index is 12.7. The van der Waals surface area contributed by atoms with E-state index in [1.165, 1.54) is 17.7 Å². The molecule has 5 rings (SSSR count). The maximum Gasteiger partial charge on any atom is 0.302 e. The fourth-order valence-corrected chi connectivity index (χ4v) is 3.92. The van der Waals surface area contributed by atoms with E-state index in [9.17, 15) is 14.9 Å². The Morgan fingerprint density at radius 3 is 2.69 bits per heavy atom. The van der Waals surface area contributed by atoms with Gasteiger partial charge in [0, 0.05) is 39.5 Å². The summed E-state index contributed by atoms with van der Waals surface area (Å²) in [7, 11) is 3.41. The van der Waals surface area contributed by atoms with Crippen LogP contribution < -0.4 is 20.3 Å². The lowest BCUT2D eigenvalue weighted by molar-refractivity contribution is -0.114. The van der Waals surface area contributed by atoms with Gasteiger partial charge in [-0.15, -0.1) is 0 Å². The number of amides is 1. The second-order valence-corrected chi connectivity index (χ2v) is 8.46. The molecule has 0 spiro atoms. The normalized spacial score (nSPS) is 12.9. The zero-order chi connectivity index (χ0) is 24.7. The smallest absolute Gasteiger partial charge is 0.302 e. The van der Waals surface area contributed by atoms with E-state index in [0.29, 0.717) is 34.3 Å². The molecule has 1 saturated carbocycles. The summed E-state index contributed by atoms with van der Waals surface area (Å²) < 4.78 is 15.0. The minimum Gasteiger partial charge on any atom is -0.456 e. The standard InChI is InChI=1S/C25H22N6O4/c1-14(32)28-22-11-17(8-9-27-22)34-20-7-6-19-23(18(20)12-26)31(3)25(29-19)35-21-10-16(15-4-5-15)13-30(2)24(21)33/h6-11,13,15H,4-5H2,1-3H3,(H,27,28,32). The highest BCUT2D eigenvalue weighted by Gasteiger charge is 2.26. The van der Waals surface area contributed by atoms with Gasteiger partial charge in [0.25, 0.3) is 5.56 Å². The monoisotopic (exact) mass is 470 g/mol. The first-order valence-electron chi connectivity index (χ1n) is 11.0. The van der Waals surface area contributed by atoms with Crippen molar-refractivity contribution in [3.63, 3.8) is 0 Å². The third-order valence-corrected chi connectivity index (χ3v) is 5.75. The van der Waals surface area contributed by atoms with Gasteiger partial charge in [0.1, 0.15) is 28.9 Å². The highest BCUT2D eigenvalue weighted by Crippen LogP contribution is 2.41. The fourth-order valence-electron chi connectivity index (χ4n) is 3.92. The van der Waals surface area contributed by atoms with Gasteiger partial charge >= 0.3 is 6.01 Å². The number of pyridine rings is 2. The Hall–Kier alpha value is -4.65. The minimum atomic E-state index is -0.265. The first-order chi connectivity index (χ1) is 16.8. The summed E-state index contributed by atoms with van der Waals surface area (Å²) in [5.41, 5.74) is 2.08. The molecule has 3 heterocycles. The number of hydrogen-bond acceptors (Lipinski definition) is 7. The van der Waals surface area contributed by atoms with Crippen molar-refractivity contribution in [1.82, 2.24) is 19.1 Å². The Labute approximate surface area is 200 Å². The number of aryl methyl sites for hydroxylation is 2. The van der Waals surface area contributed by atoms with Crippen LogP contribution in [0.1, 0.15) is 36.8 Å². The predicted molar refractivity (Wildman–Crippen MR) is 128 cm³/mol. The van der Waals surface area contributed by atoms with Crippen LogP contribution in [0.4, 0.5) is 5.82 Å². The molecule has 1 aliphatic rings. The Morgan fingerprint density at radius 2 is 1.97 bits per heavy atom. The first kappa shape index (κ1) is 22.2. The van der Waals surface area contributed by atoms with E-state index in [-0.39, 0.29) is 28.8 Å². The van der Waals surface area contributed by atoms with Crippen LogP contribution in [-0.4, -0.2) is 25.0 Å². The van der Waals surface area contributed by atoms with Crippen LogP contribution >= 0.6 is 0 Å². The Morgan fingerprint density at radius 1 is 1.17 bits per heavy atom. The summed E-state index contributed by atoms with van der Waals surface area (Å²) in [5, 5.41) is 12.5. The molecular weight excluding hydrogens is 448 g/mol. The van der Waals surface area contributed by atoms with Crippen LogP contribution in [0.2, 0.25) is 0 Å². The SMILES string of the molecule is CC(=O)Nc1cc(Oc2ccc3nc(Oc4cc(C5CC5)cn(C)c4=O)n(C)c3c2C#N)ccn1. The number of hydrogen-bond donors (Lipinski definition) is 1. The lowest BCUT2D eigenvalue weighted by atomic mass is 10.1. The van der Waals surface area contributed by atoms with Crippen LogP contribution in [0.3, 0.4) is 0 Å². The van der Waals surface area contributed by atoms with Gasteiger partial charge < -0.3 is 19.4 Å². The number of benzene rings is 1. The van der Waals surface area contributed by atoms with Crippen molar-refractivity contribution in [1.29, 1.82) is 5.26 Å². The summed E-state index contributed by atoms with van der Waals surface area (Å²) in [6, 6.07) is 10.7. The number of ether oxygens (including phenoxy) is 2. The van der Waals surface area contributed by atoms with Crippen molar-refractivity contribution in [3.05, 3.63) is 64.2 Å². The molecule has 0 aliphatic heterocycles. The number of fused-ring (bicyclic) bond motifs is 1. The second kappa shape index (κ2) is 8.61. The molecule has 1 aromatic carbocycles. The Kier molecular flexibility index (Phi) is 5.45. The van der Waals surface area contributed by atoms with Crippen LogP contribution in [0.15, 0.2) is 47.5 Å². The van der Waals surface area contributed by atoms with Crippen LogP contribution in [0, 0.1) is 11.3 Å². The molecule has 0 unspecified atom stereocenters. The van der Waals surface area contributed by atoms with Gasteiger partial charge in [-0.25, -0.2) is 4.98 Å². The van der Waals surface area contributed by atoms with Crippen molar-refractivity contribution in [2.75, 3.05) is 5.32 Å². The molecule has 0 atom stereocenters. The van der Waals surface area contributed by atoms with E-state index in [4.69, 9.17) is 9.47 Å². The molecular formula is C25H22N6O4. The van der Waals surface area contributed by atoms with Gasteiger partial charge in [-0.3, -0.25) is 14.2 Å². The quantitative estimate of drug-likeness (QED) is 0.452. The van der Waals surface area contributed by atoms with Gasteiger partial charge in [0.2, 0.25) is 5.91 Å². The van der Waals surface area contributed by atoms with Crippen molar-refractivity contribution in [2.45, 2.75) is 25.7 Å². The second-order valence-electron chi connectivity index (χ2n) is 8.46. The third kappa shape index (κ3) is 4.31. The fraction of sp³-hybridized carbons (Fsp3) is 0.240. The molecule has 1 amide bonds. The van der Waals surface area contributed by atoms with Gasteiger partial charge in [-0.1, -0.05) is 0 Å². The number of imidazole rings is 1. The molecule has 0 radical (unpaired) electrons. The summed E-state index contributed by atoms with van der Waals surface area (Å²) >= 11 is 0. The lowest BCUT2D eigenvalue weighted by Crippen LogP contribution is -2.18. The number of nitriles is 1. The number of nitrogens with one attached hydrogen (secondary N) is 1. The average molecular weight is 470 g/mol. The number of rotatable bonds is 6. The maximum atomic E-state index is 12.7. The molecule has 35 heavy (non-hydrogen) atoms. The van der Waals surface area contributed by atoms with E-state index in [1.807, 2.05) is 6.20 Å². The Balaban J connectivity index is 1.51. The predicted octanol–water partition coefficient (Wildman–Crippen LogP) is 3.96. The number of nitrogens with zero attached hydrogens (tertiary/aromatic N) is 5. The Bertz CT molecular complexity index is 1580. The number of anilines is 1. The van der Waals surface area contributed by atoms with E-state index < -0.39 is 0 Å². The molecule has 0 bridgehead atoms. The summed E-state index contributed by atoms with van der Waals surface area (Å²) in [6.45, 7) is 1.39. The lowest BCUT2D eigenvalue weighted by Gasteiger charge is -2.10. The van der Waals surface area contributed by atoms with Gasteiger partial charge in [0.05, 0.1) is 11.0 Å². The third-order valence-electron chi connectivity index (χ3n) is 5.75. The zero-order valence-corrected chi connectivity index (χ0v) is 19.4. The molecule has 4 aromatic rings. The van der Waals surface area contributed by atoms with Crippen molar-refractivity contribution in [3.8, 4) is 29.3 Å².